The third-order valence-electron chi connectivity index (χ3n) is 11.0. The lowest BCUT2D eigenvalue weighted by Crippen LogP contribution is -2.37. The minimum Gasteiger partial charge on any atom is -0.493 e. The van der Waals surface area contributed by atoms with E-state index in [-0.39, 0.29) is 37.7 Å². The van der Waals surface area contributed by atoms with Crippen molar-refractivity contribution < 1.29 is 61.7 Å². The molecule has 8 rings (SSSR count). The highest BCUT2D eigenvalue weighted by Gasteiger charge is 2.53. The predicted octanol–water partition coefficient (Wildman–Crippen LogP) is 6.07. The van der Waals surface area contributed by atoms with Crippen molar-refractivity contribution >= 4 is 17.8 Å². The first-order valence-electron chi connectivity index (χ1n) is 18.9. The molecule has 1 saturated heterocycles. The Labute approximate surface area is 345 Å². The van der Waals surface area contributed by atoms with Gasteiger partial charge in [-0.15, -0.1) is 5.10 Å². The minimum absolute atomic E-state index is 0.0307. The lowest BCUT2D eigenvalue weighted by atomic mass is 9.65. The zero-order valence-corrected chi connectivity index (χ0v) is 34.0. The van der Waals surface area contributed by atoms with Crippen LogP contribution >= 0.6 is 0 Å². The number of carbonyl (C=O) groups excluding carboxylic acids is 2. The van der Waals surface area contributed by atoms with E-state index in [0.717, 1.165) is 16.7 Å². The Morgan fingerprint density at radius 1 is 0.733 bits per heavy atom. The number of nitrogens with zero attached hydrogens (tertiary/aromatic N) is 3. The normalized spacial score (nSPS) is 18.6. The van der Waals surface area contributed by atoms with Gasteiger partial charge in [-0.2, -0.15) is 0 Å². The second-order valence-corrected chi connectivity index (χ2v) is 14.0. The molecule has 60 heavy (non-hydrogen) atoms. The molecule has 0 amide bonds. The Bertz CT molecular complexity index is 2430. The number of fused-ring (bicyclic) bond motifs is 3. The van der Waals surface area contributed by atoms with Gasteiger partial charge in [0, 0.05) is 17.4 Å². The fraction of sp³-hybridized carbons (Fsp3) is 0.318. The highest BCUT2D eigenvalue weighted by Crippen LogP contribution is 2.56. The van der Waals surface area contributed by atoms with Crippen LogP contribution in [0.15, 0.2) is 66.9 Å². The fourth-order valence-electron chi connectivity index (χ4n) is 8.23. The fourth-order valence-corrected chi connectivity index (χ4v) is 8.23. The molecule has 5 aromatic rings. The molecule has 1 fully saturated rings. The molecule has 3 heterocycles. The maximum absolute atomic E-state index is 13.7. The van der Waals surface area contributed by atoms with Crippen molar-refractivity contribution in [1.82, 2.24) is 15.0 Å². The zero-order valence-electron chi connectivity index (χ0n) is 34.0. The molecule has 4 atom stereocenters. The highest BCUT2D eigenvalue weighted by atomic mass is 16.7. The van der Waals surface area contributed by atoms with Crippen LogP contribution in [0.2, 0.25) is 0 Å². The van der Waals surface area contributed by atoms with Crippen molar-refractivity contribution in [3.8, 4) is 57.5 Å². The zero-order chi connectivity index (χ0) is 42.1. The summed E-state index contributed by atoms with van der Waals surface area (Å²) in [4.78, 5) is 27.0. The summed E-state index contributed by atoms with van der Waals surface area (Å²) < 4.78 is 64.2. The van der Waals surface area contributed by atoms with Crippen molar-refractivity contribution in [2.24, 2.45) is 11.8 Å². The number of benzene rings is 4. The Kier molecular flexibility index (Phi) is 11.0. The summed E-state index contributed by atoms with van der Waals surface area (Å²) in [5.41, 5.74) is 4.07. The van der Waals surface area contributed by atoms with Crippen LogP contribution < -0.4 is 47.4 Å². The van der Waals surface area contributed by atoms with Gasteiger partial charge in [-0.1, -0.05) is 11.3 Å². The van der Waals surface area contributed by atoms with Crippen molar-refractivity contribution in [2.75, 3.05) is 63.2 Å². The molecule has 16 heteroatoms. The number of hydrogen-bond donors (Lipinski definition) is 0. The molecule has 16 nitrogen and oxygen atoms in total. The Hall–Kier alpha value is -7.10. The van der Waals surface area contributed by atoms with Crippen LogP contribution in [0.1, 0.15) is 50.3 Å². The molecule has 2 aliphatic heterocycles. The Balaban J connectivity index is 1.05. The number of cyclic esters (lactones) is 1. The summed E-state index contributed by atoms with van der Waals surface area (Å²) in [6.07, 6.45) is 4.90. The van der Waals surface area contributed by atoms with Gasteiger partial charge >= 0.3 is 5.97 Å². The molecule has 0 saturated carbocycles. The molecule has 1 aromatic heterocycles. The summed E-state index contributed by atoms with van der Waals surface area (Å²) in [5, 5.41) is 8.99. The van der Waals surface area contributed by atoms with Crippen molar-refractivity contribution in [1.29, 1.82) is 0 Å². The van der Waals surface area contributed by atoms with Crippen LogP contribution in [-0.4, -0.2) is 89.9 Å². The summed E-state index contributed by atoms with van der Waals surface area (Å²) in [6.45, 7) is 0.263. The first-order chi connectivity index (χ1) is 29.2. The second kappa shape index (κ2) is 16.6. The number of methoxy groups -OCH3 is 7. The van der Waals surface area contributed by atoms with Crippen molar-refractivity contribution in [3.05, 3.63) is 100 Å². The van der Waals surface area contributed by atoms with E-state index >= 15 is 0 Å². The van der Waals surface area contributed by atoms with E-state index < -0.39 is 17.9 Å². The third-order valence-corrected chi connectivity index (χ3v) is 11.0. The number of ketones is 1. The number of carbonyl (C=O) groups is 2. The van der Waals surface area contributed by atoms with E-state index in [4.69, 9.17) is 52.1 Å². The molecular formula is C44H43N3O13. The van der Waals surface area contributed by atoms with Crippen LogP contribution in [0, 0.1) is 11.8 Å². The molecule has 0 unspecified atom stereocenters. The SMILES string of the molecule is COc1cc(C(=O)/C=C/c2cc(OC)c(OC)c(OC)c2)ccc1OCc1cn([C@H]2c3cc4c(cc3[C@@H](c3cc(OC)c(OC)c(OC)c3)[C@H]3C(=O)OC[C@@H]32)OCO4)nn1. The quantitative estimate of drug-likeness (QED) is 0.0678. The first-order valence-corrected chi connectivity index (χ1v) is 18.9. The van der Waals surface area contributed by atoms with Gasteiger partial charge in [0.1, 0.15) is 12.3 Å². The van der Waals surface area contributed by atoms with Crippen molar-refractivity contribution in [2.45, 2.75) is 18.6 Å². The summed E-state index contributed by atoms with van der Waals surface area (Å²) in [7, 11) is 10.7. The van der Waals surface area contributed by atoms with Gasteiger partial charge in [0.2, 0.25) is 18.3 Å². The number of aromatic nitrogens is 3. The molecule has 312 valence electrons. The highest BCUT2D eigenvalue weighted by molar-refractivity contribution is 6.07. The summed E-state index contributed by atoms with van der Waals surface area (Å²) in [6, 6.07) is 15.5. The predicted molar refractivity (Wildman–Crippen MR) is 213 cm³/mol. The molecule has 3 aliphatic rings. The van der Waals surface area contributed by atoms with E-state index in [1.54, 1.807) is 68.6 Å². The number of ether oxygens (including phenoxy) is 11. The minimum atomic E-state index is -0.600. The van der Waals surface area contributed by atoms with Crippen LogP contribution in [0.25, 0.3) is 6.08 Å². The number of allylic oxidation sites excluding steroid dienone is 1. The molecule has 0 radical (unpaired) electrons. The standard InChI is InChI=1S/C44H43N3O13/c1-50-32-14-24(30(48)10-8-23-12-35(51-2)42(55-6)36(13-23)52-3)9-11-31(32)57-20-26-19-47(46-45-26)41-28-18-34-33(59-22-60-34)17-27(28)39(40-29(41)21-58-44(40)49)25-15-37(53-4)43(56-7)38(16-25)54-5/h8-19,29,39-41H,20-22H2,1-7H3/b10-8+/t29-,39+,40-,41-/m0/s1. The van der Waals surface area contributed by atoms with E-state index in [1.165, 1.54) is 34.5 Å². The van der Waals surface area contributed by atoms with Gasteiger partial charge in [0.05, 0.1) is 74.5 Å². The van der Waals surface area contributed by atoms with Crippen LogP contribution in [-0.2, 0) is 16.1 Å². The smallest absolute Gasteiger partial charge is 0.310 e. The summed E-state index contributed by atoms with van der Waals surface area (Å²) >= 11 is 0. The molecule has 4 aromatic carbocycles. The molecule has 0 spiro atoms. The average Bonchev–Trinajstić information content (AvgIpc) is 4.05. The molecule has 0 N–H and O–H groups in total. The van der Waals surface area contributed by atoms with Gasteiger partial charge in [-0.25, -0.2) is 4.68 Å². The Morgan fingerprint density at radius 2 is 1.35 bits per heavy atom. The third kappa shape index (κ3) is 7.07. The van der Waals surface area contributed by atoms with E-state index in [9.17, 15) is 9.59 Å². The monoisotopic (exact) mass is 821 g/mol. The molecule has 0 bridgehead atoms. The van der Waals surface area contributed by atoms with Gasteiger partial charge < -0.3 is 52.1 Å². The Morgan fingerprint density at radius 3 is 1.97 bits per heavy atom. The molecular weight excluding hydrogens is 778 g/mol. The van der Waals surface area contributed by atoms with Gasteiger partial charge in [0.15, 0.2) is 51.8 Å². The first kappa shape index (κ1) is 39.7. The maximum Gasteiger partial charge on any atom is 0.310 e. The molecule has 1 aliphatic carbocycles. The number of hydrogen-bond acceptors (Lipinski definition) is 15. The summed E-state index contributed by atoms with van der Waals surface area (Å²) in [5.74, 6) is 2.67. The van der Waals surface area contributed by atoms with Crippen LogP contribution in [0.3, 0.4) is 0 Å². The van der Waals surface area contributed by atoms with Crippen LogP contribution in [0.4, 0.5) is 0 Å². The topological polar surface area (TPSA) is 166 Å². The largest absolute Gasteiger partial charge is 0.493 e. The lowest BCUT2D eigenvalue weighted by Gasteiger charge is -2.39. The maximum atomic E-state index is 13.7. The van der Waals surface area contributed by atoms with Gasteiger partial charge in [-0.3, -0.25) is 9.59 Å². The number of rotatable bonds is 15. The van der Waals surface area contributed by atoms with Crippen molar-refractivity contribution in [3.63, 3.8) is 0 Å². The van der Waals surface area contributed by atoms with E-state index in [1.807, 2.05) is 24.3 Å². The van der Waals surface area contributed by atoms with E-state index in [2.05, 4.69) is 10.3 Å². The lowest BCUT2D eigenvalue weighted by molar-refractivity contribution is -0.141. The second-order valence-electron chi connectivity index (χ2n) is 14.0. The number of esters is 1. The van der Waals surface area contributed by atoms with Gasteiger partial charge in [0.25, 0.3) is 0 Å². The van der Waals surface area contributed by atoms with E-state index in [0.29, 0.717) is 74.3 Å². The van der Waals surface area contributed by atoms with Gasteiger partial charge in [-0.05, 0) is 82.9 Å². The average molecular weight is 822 g/mol. The van der Waals surface area contributed by atoms with Crippen LogP contribution in [0.5, 0.6) is 57.5 Å².